The van der Waals surface area contributed by atoms with E-state index in [9.17, 15) is 9.59 Å². The summed E-state index contributed by atoms with van der Waals surface area (Å²) in [5.74, 6) is -0.145. The Bertz CT molecular complexity index is 1040. The van der Waals surface area contributed by atoms with E-state index in [1.807, 2.05) is 43.5 Å². The third-order valence-electron chi connectivity index (χ3n) is 5.02. The number of fused-ring (bicyclic) bond motifs is 1. The van der Waals surface area contributed by atoms with E-state index in [0.717, 1.165) is 40.4 Å². The van der Waals surface area contributed by atoms with Crippen molar-refractivity contribution < 1.29 is 9.59 Å². The summed E-state index contributed by atoms with van der Waals surface area (Å²) in [5.41, 5.74) is 4.13. The number of amides is 2. The number of aryl methyl sites for hydroxylation is 1. The van der Waals surface area contributed by atoms with E-state index in [-0.39, 0.29) is 11.8 Å². The number of benzene rings is 1. The lowest BCUT2D eigenvalue weighted by atomic mass is 10.1. The lowest BCUT2D eigenvalue weighted by molar-refractivity contribution is -0.117. The van der Waals surface area contributed by atoms with Gasteiger partial charge in [-0.1, -0.05) is 18.2 Å². The molecule has 2 N–H and O–H groups in total. The molecule has 0 saturated heterocycles. The minimum absolute atomic E-state index is 0.0158. The van der Waals surface area contributed by atoms with E-state index in [1.54, 1.807) is 6.07 Å². The van der Waals surface area contributed by atoms with Crippen LogP contribution in [0.5, 0.6) is 0 Å². The van der Waals surface area contributed by atoms with Gasteiger partial charge in [0.2, 0.25) is 5.91 Å². The van der Waals surface area contributed by atoms with Crippen molar-refractivity contribution in [2.75, 3.05) is 23.7 Å². The second kappa shape index (κ2) is 8.44. The van der Waals surface area contributed by atoms with Crippen LogP contribution in [-0.4, -0.2) is 34.8 Å². The van der Waals surface area contributed by atoms with Crippen LogP contribution < -0.4 is 10.6 Å². The van der Waals surface area contributed by atoms with Gasteiger partial charge in [-0.25, -0.2) is 4.98 Å². The number of carbonyl (C=O) groups is 2. The van der Waals surface area contributed by atoms with Crippen molar-refractivity contribution in [3.63, 3.8) is 0 Å². The van der Waals surface area contributed by atoms with E-state index in [2.05, 4.69) is 20.5 Å². The van der Waals surface area contributed by atoms with Gasteiger partial charge in [0, 0.05) is 30.1 Å². The maximum atomic E-state index is 12.5. The zero-order chi connectivity index (χ0) is 20.4. The van der Waals surface area contributed by atoms with E-state index >= 15 is 0 Å². The Labute approximate surface area is 177 Å². The Kier molecular flexibility index (Phi) is 5.75. The number of thiophene rings is 1. The molecule has 0 fully saturated rings. The van der Waals surface area contributed by atoms with E-state index in [1.165, 1.54) is 22.7 Å². The normalized spacial score (nSPS) is 13.7. The minimum atomic E-state index is -0.129. The fraction of sp³-hybridized carbons (Fsp3) is 0.286. The molecule has 4 rings (SSSR count). The molecule has 2 amide bonds. The predicted molar refractivity (Wildman–Crippen MR) is 118 cm³/mol. The van der Waals surface area contributed by atoms with Gasteiger partial charge in [-0.15, -0.1) is 22.7 Å². The summed E-state index contributed by atoms with van der Waals surface area (Å²) in [6.45, 7) is 5.83. The lowest BCUT2D eigenvalue weighted by Gasteiger charge is -2.25. The molecule has 1 aromatic carbocycles. The molecule has 6 nitrogen and oxygen atoms in total. The molecule has 8 heteroatoms. The quantitative estimate of drug-likeness (QED) is 0.645. The Morgan fingerprint density at radius 3 is 2.83 bits per heavy atom. The van der Waals surface area contributed by atoms with Gasteiger partial charge in [-0.05, 0) is 42.5 Å². The summed E-state index contributed by atoms with van der Waals surface area (Å²) < 4.78 is 0. The van der Waals surface area contributed by atoms with Crippen LogP contribution in [0.2, 0.25) is 0 Å². The average Bonchev–Trinajstić information content (AvgIpc) is 3.34. The highest BCUT2D eigenvalue weighted by Gasteiger charge is 2.23. The maximum absolute atomic E-state index is 12.5. The first-order chi connectivity index (χ1) is 14.0. The van der Waals surface area contributed by atoms with Gasteiger partial charge in [-0.2, -0.15) is 0 Å². The van der Waals surface area contributed by atoms with Gasteiger partial charge in [-0.3, -0.25) is 19.8 Å². The van der Waals surface area contributed by atoms with Crippen LogP contribution in [0.4, 0.5) is 10.8 Å². The number of aromatic nitrogens is 1. The summed E-state index contributed by atoms with van der Waals surface area (Å²) in [6.07, 6.45) is 0.775. The first kappa shape index (κ1) is 19.8. The molecule has 3 aromatic rings. The summed E-state index contributed by atoms with van der Waals surface area (Å²) in [4.78, 5) is 33.2. The summed E-state index contributed by atoms with van der Waals surface area (Å²) in [7, 11) is 0. The van der Waals surface area contributed by atoms with Crippen LogP contribution in [0.25, 0.3) is 0 Å². The molecule has 3 heterocycles. The number of hydrogen-bond acceptors (Lipinski definition) is 6. The topological polar surface area (TPSA) is 74.3 Å². The van der Waals surface area contributed by atoms with Crippen LogP contribution >= 0.6 is 22.7 Å². The van der Waals surface area contributed by atoms with Crippen molar-refractivity contribution in [2.45, 2.75) is 26.8 Å². The molecule has 0 radical (unpaired) electrons. The van der Waals surface area contributed by atoms with Gasteiger partial charge >= 0.3 is 0 Å². The fourth-order valence-corrected chi connectivity index (χ4v) is 4.95. The zero-order valence-corrected chi connectivity index (χ0v) is 18.0. The monoisotopic (exact) mass is 426 g/mol. The predicted octanol–water partition coefficient (Wildman–Crippen LogP) is 4.07. The smallest absolute Gasteiger partial charge is 0.267 e. The van der Waals surface area contributed by atoms with E-state index in [0.29, 0.717) is 23.1 Å². The van der Waals surface area contributed by atoms with Gasteiger partial charge in [0.05, 0.1) is 17.1 Å². The molecule has 0 aliphatic carbocycles. The van der Waals surface area contributed by atoms with E-state index in [4.69, 9.17) is 0 Å². The second-order valence-electron chi connectivity index (χ2n) is 7.08. The molecule has 0 atom stereocenters. The first-order valence-electron chi connectivity index (χ1n) is 9.41. The van der Waals surface area contributed by atoms with Crippen molar-refractivity contribution >= 4 is 45.3 Å². The Morgan fingerprint density at radius 1 is 1.17 bits per heavy atom. The van der Waals surface area contributed by atoms with Crippen molar-refractivity contribution in [3.8, 4) is 0 Å². The van der Waals surface area contributed by atoms with Crippen LogP contribution in [-0.2, 0) is 17.8 Å². The number of thiazole rings is 1. The van der Waals surface area contributed by atoms with Gasteiger partial charge in [0.15, 0.2) is 5.13 Å². The van der Waals surface area contributed by atoms with Crippen LogP contribution in [0, 0.1) is 13.8 Å². The highest BCUT2D eigenvalue weighted by molar-refractivity contribution is 7.16. The molecule has 29 heavy (non-hydrogen) atoms. The second-order valence-corrected chi connectivity index (χ2v) is 9.11. The molecular formula is C21H22N4O2S2. The number of carbonyl (C=O) groups excluding carboxylic acids is 2. The molecule has 0 spiro atoms. The van der Waals surface area contributed by atoms with Crippen LogP contribution in [0.3, 0.4) is 0 Å². The Balaban J connectivity index is 1.36. The number of rotatable bonds is 5. The van der Waals surface area contributed by atoms with Gasteiger partial charge in [0.1, 0.15) is 0 Å². The summed E-state index contributed by atoms with van der Waals surface area (Å²) in [6, 6.07) is 9.57. The summed E-state index contributed by atoms with van der Waals surface area (Å²) in [5, 5.41) is 8.40. The van der Waals surface area contributed by atoms with Crippen molar-refractivity contribution in [1.82, 2.24) is 9.88 Å². The average molecular weight is 427 g/mol. The Morgan fingerprint density at radius 2 is 2.03 bits per heavy atom. The standard InChI is InChI=1S/C21H22N4O2S2/c1-13-5-3-6-15(14(13)2)22-19(26)12-25-9-8-16-18(11-25)29-21(23-16)24-20(27)17-7-4-10-28-17/h3-7,10H,8-9,11-12H2,1-2H3,(H,22,26)(H,23,24,27). The van der Waals surface area contributed by atoms with Gasteiger partial charge < -0.3 is 5.32 Å². The molecule has 150 valence electrons. The third-order valence-corrected chi connectivity index (χ3v) is 6.89. The van der Waals surface area contributed by atoms with Crippen molar-refractivity contribution in [3.05, 3.63) is 62.3 Å². The zero-order valence-electron chi connectivity index (χ0n) is 16.3. The third kappa shape index (κ3) is 4.55. The highest BCUT2D eigenvalue weighted by Crippen LogP contribution is 2.29. The van der Waals surface area contributed by atoms with Crippen LogP contribution in [0.1, 0.15) is 31.4 Å². The number of nitrogens with one attached hydrogen (secondary N) is 2. The minimum Gasteiger partial charge on any atom is -0.325 e. The van der Waals surface area contributed by atoms with E-state index < -0.39 is 0 Å². The highest BCUT2D eigenvalue weighted by atomic mass is 32.1. The molecule has 1 aliphatic rings. The largest absolute Gasteiger partial charge is 0.325 e. The molecule has 2 aromatic heterocycles. The van der Waals surface area contributed by atoms with Gasteiger partial charge in [0.25, 0.3) is 5.91 Å². The summed E-state index contributed by atoms with van der Waals surface area (Å²) >= 11 is 2.90. The first-order valence-corrected chi connectivity index (χ1v) is 11.1. The molecule has 0 bridgehead atoms. The number of hydrogen-bond donors (Lipinski definition) is 2. The maximum Gasteiger partial charge on any atom is 0.267 e. The molecule has 0 unspecified atom stereocenters. The molecule has 1 aliphatic heterocycles. The fourth-order valence-electron chi connectivity index (χ4n) is 3.28. The van der Waals surface area contributed by atoms with Crippen molar-refractivity contribution in [1.29, 1.82) is 0 Å². The number of nitrogens with zero attached hydrogens (tertiary/aromatic N) is 2. The molecule has 0 saturated carbocycles. The SMILES string of the molecule is Cc1cccc(NC(=O)CN2CCc3nc(NC(=O)c4cccs4)sc3C2)c1C. The molecular weight excluding hydrogens is 404 g/mol. The Hall–Kier alpha value is -2.55. The van der Waals surface area contributed by atoms with Crippen LogP contribution in [0.15, 0.2) is 35.7 Å². The lowest BCUT2D eigenvalue weighted by Crippen LogP contribution is -2.36. The van der Waals surface area contributed by atoms with Crippen molar-refractivity contribution in [2.24, 2.45) is 0 Å². The number of anilines is 2.